The second-order valence-electron chi connectivity index (χ2n) is 8.13. The molecule has 0 radical (unpaired) electrons. The van der Waals surface area contributed by atoms with Gasteiger partial charge in [0.1, 0.15) is 12.1 Å². The highest BCUT2D eigenvalue weighted by Gasteiger charge is 2.15. The molecule has 0 aliphatic rings. The van der Waals surface area contributed by atoms with Crippen molar-refractivity contribution >= 4 is 45.2 Å². The summed E-state index contributed by atoms with van der Waals surface area (Å²) in [5.74, 6) is 0.103. The lowest BCUT2D eigenvalue weighted by atomic mass is 10.1. The summed E-state index contributed by atoms with van der Waals surface area (Å²) >= 11 is 3.43. The van der Waals surface area contributed by atoms with Gasteiger partial charge in [-0.25, -0.2) is 10.4 Å². The summed E-state index contributed by atoms with van der Waals surface area (Å²) in [6.45, 7) is 0. The van der Waals surface area contributed by atoms with E-state index in [4.69, 9.17) is 4.98 Å². The van der Waals surface area contributed by atoms with Crippen LogP contribution in [0, 0.1) is 0 Å². The molecule has 180 valence electrons. The van der Waals surface area contributed by atoms with Crippen molar-refractivity contribution in [1.29, 1.82) is 0 Å². The molecule has 0 atom stereocenters. The van der Waals surface area contributed by atoms with E-state index < -0.39 is 5.91 Å². The molecule has 1 heterocycles. The van der Waals surface area contributed by atoms with Gasteiger partial charge in [0.2, 0.25) is 0 Å². The third-order valence-electron chi connectivity index (χ3n) is 5.70. The van der Waals surface area contributed by atoms with E-state index in [9.17, 15) is 14.4 Å². The average Bonchev–Trinajstić information content (AvgIpc) is 2.94. The second kappa shape index (κ2) is 10.5. The number of carbonyl (C=O) groups is 2. The van der Waals surface area contributed by atoms with E-state index in [0.717, 1.165) is 21.9 Å². The predicted octanol–water partition coefficient (Wildman–Crippen LogP) is 5.39. The lowest BCUT2D eigenvalue weighted by Gasteiger charge is -2.14. The van der Waals surface area contributed by atoms with Gasteiger partial charge in [-0.05, 0) is 48.0 Å². The Morgan fingerprint density at radius 2 is 1.59 bits per heavy atom. The summed E-state index contributed by atoms with van der Waals surface area (Å²) in [6.07, 6.45) is 2.25. The first-order chi connectivity index (χ1) is 18.0. The van der Waals surface area contributed by atoms with Crippen molar-refractivity contribution in [2.24, 2.45) is 5.10 Å². The van der Waals surface area contributed by atoms with Crippen molar-refractivity contribution in [3.8, 4) is 17.1 Å². The van der Waals surface area contributed by atoms with Gasteiger partial charge in [0, 0.05) is 21.2 Å². The number of aldehydes is 1. The number of rotatable bonds is 6. The minimum absolute atomic E-state index is 0.215. The van der Waals surface area contributed by atoms with Crippen LogP contribution in [0.15, 0.2) is 111 Å². The van der Waals surface area contributed by atoms with E-state index in [2.05, 4.69) is 26.5 Å². The molecule has 0 aliphatic carbocycles. The molecule has 0 fully saturated rings. The molecule has 7 nitrogen and oxygen atoms in total. The van der Waals surface area contributed by atoms with E-state index in [-0.39, 0.29) is 5.56 Å². The predicted molar refractivity (Wildman–Crippen MR) is 147 cm³/mol. The number of hydrogen-bond acceptors (Lipinski definition) is 5. The van der Waals surface area contributed by atoms with Gasteiger partial charge in [0.25, 0.3) is 11.5 Å². The van der Waals surface area contributed by atoms with E-state index in [1.165, 1.54) is 6.21 Å². The fraction of sp³-hybridized carbons (Fsp3) is 0. The van der Waals surface area contributed by atoms with Crippen molar-refractivity contribution in [3.05, 3.63) is 129 Å². The van der Waals surface area contributed by atoms with Crippen LogP contribution in [0.4, 0.5) is 0 Å². The number of hydrazone groups is 1. The summed E-state index contributed by atoms with van der Waals surface area (Å²) in [7, 11) is 0. The van der Waals surface area contributed by atoms with Crippen LogP contribution < -0.4 is 11.0 Å². The number of benzene rings is 4. The number of fused-ring (bicyclic) bond motifs is 1. The molecule has 1 amide bonds. The Morgan fingerprint density at radius 1 is 0.892 bits per heavy atom. The molecule has 0 saturated heterocycles. The van der Waals surface area contributed by atoms with Crippen LogP contribution in [-0.2, 0) is 0 Å². The molecule has 5 rings (SSSR count). The number of nitrogens with one attached hydrogen (secondary N) is 1. The van der Waals surface area contributed by atoms with Crippen LogP contribution in [0.5, 0.6) is 0 Å². The lowest BCUT2D eigenvalue weighted by molar-refractivity contribution is 0.0955. The molecule has 1 aromatic heterocycles. The fourth-order valence-corrected chi connectivity index (χ4v) is 4.19. The first kappa shape index (κ1) is 24.0. The Hall–Kier alpha value is -4.69. The van der Waals surface area contributed by atoms with Crippen LogP contribution in [-0.4, -0.2) is 28.0 Å². The van der Waals surface area contributed by atoms with Crippen molar-refractivity contribution < 1.29 is 9.59 Å². The van der Waals surface area contributed by atoms with Gasteiger partial charge < -0.3 is 0 Å². The third kappa shape index (κ3) is 5.14. The first-order valence-electron chi connectivity index (χ1n) is 11.3. The van der Waals surface area contributed by atoms with Gasteiger partial charge >= 0.3 is 0 Å². The topological polar surface area (TPSA) is 93.4 Å². The molecule has 4 aromatic carbocycles. The normalized spacial score (nSPS) is 11.1. The molecule has 8 heteroatoms. The number of halogens is 1. The number of carbonyl (C=O) groups excluding carboxylic acids is 2. The van der Waals surface area contributed by atoms with Crippen molar-refractivity contribution in [2.45, 2.75) is 0 Å². The maximum absolute atomic E-state index is 13.6. The zero-order valence-corrected chi connectivity index (χ0v) is 20.9. The minimum Gasteiger partial charge on any atom is -0.298 e. The van der Waals surface area contributed by atoms with Gasteiger partial charge in [-0.15, -0.1) is 0 Å². The number of aromatic nitrogens is 2. The number of nitrogens with zero attached hydrogens (tertiary/aromatic N) is 3. The Bertz CT molecular complexity index is 1690. The molecule has 0 bridgehead atoms. The Balaban J connectivity index is 1.46. The summed E-state index contributed by atoms with van der Waals surface area (Å²) in [5.41, 5.74) is 5.92. The zero-order valence-electron chi connectivity index (χ0n) is 19.3. The lowest BCUT2D eigenvalue weighted by Crippen LogP contribution is -2.22. The SMILES string of the molecule is O=Cc1ccc(/C=N\NC(=O)c2ccc(-n3c(-c4ccccc4)nc4ccc(Br)cc4c3=O)cc2)cc1. The highest BCUT2D eigenvalue weighted by atomic mass is 79.9. The van der Waals surface area contributed by atoms with Crippen molar-refractivity contribution in [1.82, 2.24) is 15.0 Å². The maximum atomic E-state index is 13.6. The molecular formula is C29H19BrN4O3. The smallest absolute Gasteiger partial charge is 0.271 e. The van der Waals surface area contributed by atoms with E-state index in [1.54, 1.807) is 59.2 Å². The zero-order chi connectivity index (χ0) is 25.8. The monoisotopic (exact) mass is 550 g/mol. The van der Waals surface area contributed by atoms with Crippen LogP contribution in [0.3, 0.4) is 0 Å². The van der Waals surface area contributed by atoms with Gasteiger partial charge in [-0.2, -0.15) is 5.10 Å². The van der Waals surface area contributed by atoms with E-state index in [1.807, 2.05) is 42.5 Å². The first-order valence-corrected chi connectivity index (χ1v) is 12.1. The molecule has 0 unspecified atom stereocenters. The van der Waals surface area contributed by atoms with Gasteiger partial charge in [0.05, 0.1) is 22.8 Å². The van der Waals surface area contributed by atoms with Crippen LogP contribution in [0.2, 0.25) is 0 Å². The van der Waals surface area contributed by atoms with Gasteiger partial charge in [0.15, 0.2) is 0 Å². The molecule has 0 saturated carbocycles. The fourth-order valence-electron chi connectivity index (χ4n) is 3.83. The Morgan fingerprint density at radius 3 is 2.30 bits per heavy atom. The summed E-state index contributed by atoms with van der Waals surface area (Å²) in [6, 6.07) is 28.4. The molecule has 0 spiro atoms. The average molecular weight is 551 g/mol. The van der Waals surface area contributed by atoms with Crippen LogP contribution in [0.25, 0.3) is 28.0 Å². The summed E-state index contributed by atoms with van der Waals surface area (Å²) in [4.78, 5) is 41.7. The van der Waals surface area contributed by atoms with Crippen LogP contribution >= 0.6 is 15.9 Å². The Labute approximate surface area is 220 Å². The number of hydrogen-bond donors (Lipinski definition) is 1. The standard InChI is InChI=1S/C29H19BrN4O3/c30-23-12-15-26-25(16-23)29(37)34(27(32-26)21-4-2-1-3-5-21)24-13-10-22(11-14-24)28(36)33-31-17-19-6-8-20(18-35)9-7-19/h1-18H,(H,33,36)/b31-17-. The highest BCUT2D eigenvalue weighted by molar-refractivity contribution is 9.10. The molecule has 1 N–H and O–H groups in total. The van der Waals surface area contributed by atoms with Crippen LogP contribution in [0.1, 0.15) is 26.3 Å². The quantitative estimate of drug-likeness (QED) is 0.174. The maximum Gasteiger partial charge on any atom is 0.271 e. The van der Waals surface area contributed by atoms with E-state index >= 15 is 0 Å². The second-order valence-corrected chi connectivity index (χ2v) is 9.05. The van der Waals surface area contributed by atoms with Gasteiger partial charge in [-0.3, -0.25) is 19.0 Å². The summed E-state index contributed by atoms with van der Waals surface area (Å²) in [5, 5.41) is 4.46. The van der Waals surface area contributed by atoms with E-state index in [0.29, 0.717) is 33.5 Å². The minimum atomic E-state index is -0.400. The molecule has 0 aliphatic heterocycles. The third-order valence-corrected chi connectivity index (χ3v) is 6.20. The summed E-state index contributed by atoms with van der Waals surface area (Å²) < 4.78 is 2.33. The molecular weight excluding hydrogens is 532 g/mol. The highest BCUT2D eigenvalue weighted by Crippen LogP contribution is 2.24. The van der Waals surface area contributed by atoms with Crippen molar-refractivity contribution in [3.63, 3.8) is 0 Å². The molecule has 37 heavy (non-hydrogen) atoms. The Kier molecular flexibility index (Phi) is 6.83. The van der Waals surface area contributed by atoms with Crippen molar-refractivity contribution in [2.75, 3.05) is 0 Å². The molecule has 5 aromatic rings. The number of amides is 1. The largest absolute Gasteiger partial charge is 0.298 e. The van der Waals surface area contributed by atoms with Gasteiger partial charge in [-0.1, -0.05) is 70.5 Å².